The van der Waals surface area contributed by atoms with Gasteiger partial charge in [0.15, 0.2) is 0 Å². The number of nitrogens with one attached hydrogen (secondary N) is 1. The Morgan fingerprint density at radius 3 is 1.84 bits per heavy atom. The Morgan fingerprint density at radius 1 is 0.368 bits per heavy atom. The largest absolute Gasteiger partial charge is 0.355 e. The number of nitrogens with zero attached hydrogens (tertiary/aromatic N) is 1. The molecule has 0 saturated carbocycles. The molecule has 38 heavy (non-hydrogen) atoms. The van der Waals surface area contributed by atoms with Crippen LogP contribution in [0.25, 0.3) is 71.6 Å². The van der Waals surface area contributed by atoms with Gasteiger partial charge in [0.05, 0.1) is 11.0 Å². The molecule has 0 aliphatic carbocycles. The SMILES string of the molecule is c1ccc(-c2ccc3c4ccccc4n(-c4ccc(-c5ccc6[nH]c7ccccc7c6c5)cc4)c3c2)cc1. The van der Waals surface area contributed by atoms with Gasteiger partial charge in [0.2, 0.25) is 0 Å². The third-order valence-corrected chi connectivity index (χ3v) is 7.75. The molecule has 0 radical (unpaired) electrons. The quantitative estimate of drug-likeness (QED) is 0.258. The van der Waals surface area contributed by atoms with Gasteiger partial charge in [-0.15, -0.1) is 0 Å². The number of H-pyrrole nitrogens is 1. The summed E-state index contributed by atoms with van der Waals surface area (Å²) in [5.41, 5.74) is 10.9. The molecule has 1 N–H and O–H groups in total. The van der Waals surface area contributed by atoms with Gasteiger partial charge in [-0.25, -0.2) is 0 Å². The molecule has 0 atom stereocenters. The highest BCUT2D eigenvalue weighted by molar-refractivity contribution is 6.10. The molecule has 0 spiro atoms. The van der Waals surface area contributed by atoms with Crippen molar-refractivity contribution in [1.82, 2.24) is 9.55 Å². The minimum Gasteiger partial charge on any atom is -0.355 e. The van der Waals surface area contributed by atoms with Crippen LogP contribution in [0.1, 0.15) is 0 Å². The van der Waals surface area contributed by atoms with Gasteiger partial charge in [0, 0.05) is 38.3 Å². The first kappa shape index (κ1) is 21.0. The molecule has 0 amide bonds. The van der Waals surface area contributed by atoms with E-state index in [1.165, 1.54) is 71.6 Å². The van der Waals surface area contributed by atoms with Crippen LogP contribution < -0.4 is 0 Å². The van der Waals surface area contributed by atoms with E-state index < -0.39 is 0 Å². The Bertz CT molecular complexity index is 2110. The van der Waals surface area contributed by atoms with Crippen LogP contribution in [0.3, 0.4) is 0 Å². The van der Waals surface area contributed by atoms with E-state index in [2.05, 4.69) is 149 Å². The van der Waals surface area contributed by atoms with E-state index in [0.717, 1.165) is 0 Å². The molecule has 6 aromatic carbocycles. The van der Waals surface area contributed by atoms with Crippen LogP contribution in [-0.2, 0) is 0 Å². The van der Waals surface area contributed by atoms with Crippen LogP contribution in [0.2, 0.25) is 0 Å². The third-order valence-electron chi connectivity index (χ3n) is 7.75. The van der Waals surface area contributed by atoms with E-state index in [4.69, 9.17) is 0 Å². The first-order valence-corrected chi connectivity index (χ1v) is 13.0. The van der Waals surface area contributed by atoms with E-state index in [0.29, 0.717) is 0 Å². The average molecular weight is 485 g/mol. The van der Waals surface area contributed by atoms with Crippen molar-refractivity contribution in [2.24, 2.45) is 0 Å². The molecular weight excluding hydrogens is 460 g/mol. The zero-order valence-electron chi connectivity index (χ0n) is 20.7. The maximum absolute atomic E-state index is 3.53. The number of hydrogen-bond donors (Lipinski definition) is 1. The number of para-hydroxylation sites is 2. The molecule has 0 saturated heterocycles. The summed E-state index contributed by atoms with van der Waals surface area (Å²) in [5.74, 6) is 0. The first-order valence-electron chi connectivity index (χ1n) is 13.0. The van der Waals surface area contributed by atoms with Crippen molar-refractivity contribution in [3.63, 3.8) is 0 Å². The molecule has 0 unspecified atom stereocenters. The van der Waals surface area contributed by atoms with Crippen molar-refractivity contribution in [1.29, 1.82) is 0 Å². The van der Waals surface area contributed by atoms with Crippen molar-refractivity contribution in [2.45, 2.75) is 0 Å². The van der Waals surface area contributed by atoms with Gasteiger partial charge in [0.25, 0.3) is 0 Å². The van der Waals surface area contributed by atoms with Gasteiger partial charge in [-0.05, 0) is 64.7 Å². The number of hydrogen-bond acceptors (Lipinski definition) is 0. The van der Waals surface area contributed by atoms with Gasteiger partial charge in [-0.2, -0.15) is 0 Å². The molecular formula is C36H24N2. The van der Waals surface area contributed by atoms with Crippen molar-refractivity contribution in [3.05, 3.63) is 140 Å². The zero-order chi connectivity index (χ0) is 25.1. The number of aromatic amines is 1. The van der Waals surface area contributed by atoms with Crippen molar-refractivity contribution in [2.75, 3.05) is 0 Å². The summed E-state index contributed by atoms with van der Waals surface area (Å²) in [7, 11) is 0. The van der Waals surface area contributed by atoms with E-state index in [9.17, 15) is 0 Å². The lowest BCUT2D eigenvalue weighted by Crippen LogP contribution is -1.94. The molecule has 2 nitrogen and oxygen atoms in total. The second kappa shape index (κ2) is 8.22. The average Bonchev–Trinajstić information content (AvgIpc) is 3.53. The molecule has 8 rings (SSSR count). The summed E-state index contributed by atoms with van der Waals surface area (Å²) in [4.78, 5) is 3.53. The summed E-state index contributed by atoms with van der Waals surface area (Å²) >= 11 is 0. The number of fused-ring (bicyclic) bond motifs is 6. The van der Waals surface area contributed by atoms with Crippen molar-refractivity contribution >= 4 is 43.6 Å². The highest BCUT2D eigenvalue weighted by Gasteiger charge is 2.13. The summed E-state index contributed by atoms with van der Waals surface area (Å²) in [6.45, 7) is 0. The smallest absolute Gasteiger partial charge is 0.0547 e. The minimum atomic E-state index is 1.17. The lowest BCUT2D eigenvalue weighted by Gasteiger charge is -2.10. The Labute approximate surface area is 220 Å². The zero-order valence-corrected chi connectivity index (χ0v) is 20.7. The maximum atomic E-state index is 3.53. The number of rotatable bonds is 3. The van der Waals surface area contributed by atoms with Crippen LogP contribution in [0.15, 0.2) is 140 Å². The van der Waals surface area contributed by atoms with Gasteiger partial charge in [-0.1, -0.05) is 97.1 Å². The monoisotopic (exact) mass is 484 g/mol. The standard InChI is InChI=1S/C36H24N2/c1-2-8-24(9-3-1)27-16-20-31-30-11-5-7-13-35(30)38(36(31)23-27)28-18-14-25(15-19-28)26-17-21-34-32(22-26)29-10-4-6-12-33(29)37-34/h1-23,37H. The second-order valence-electron chi connectivity index (χ2n) is 9.93. The summed E-state index contributed by atoms with van der Waals surface area (Å²) in [6.07, 6.45) is 0. The van der Waals surface area contributed by atoms with E-state index in [-0.39, 0.29) is 0 Å². The van der Waals surface area contributed by atoms with Crippen LogP contribution >= 0.6 is 0 Å². The van der Waals surface area contributed by atoms with Crippen LogP contribution in [0.5, 0.6) is 0 Å². The lowest BCUT2D eigenvalue weighted by molar-refractivity contribution is 1.18. The van der Waals surface area contributed by atoms with Crippen molar-refractivity contribution < 1.29 is 0 Å². The van der Waals surface area contributed by atoms with E-state index in [1.54, 1.807) is 0 Å². The molecule has 2 aromatic heterocycles. The fourth-order valence-electron chi connectivity index (χ4n) is 5.89. The van der Waals surface area contributed by atoms with Crippen LogP contribution in [-0.4, -0.2) is 9.55 Å². The Kier molecular flexibility index (Phi) is 4.55. The normalized spacial score (nSPS) is 11.7. The molecule has 8 aromatic rings. The van der Waals surface area contributed by atoms with Gasteiger partial charge >= 0.3 is 0 Å². The Hall–Kier alpha value is -5.08. The van der Waals surface area contributed by atoms with E-state index >= 15 is 0 Å². The number of benzene rings is 6. The van der Waals surface area contributed by atoms with Gasteiger partial charge < -0.3 is 9.55 Å². The third kappa shape index (κ3) is 3.21. The maximum Gasteiger partial charge on any atom is 0.0547 e. The molecule has 2 heteroatoms. The first-order chi connectivity index (χ1) is 18.8. The van der Waals surface area contributed by atoms with Crippen molar-refractivity contribution in [3.8, 4) is 27.9 Å². The summed E-state index contributed by atoms with van der Waals surface area (Å²) < 4.78 is 2.39. The van der Waals surface area contributed by atoms with Gasteiger partial charge in [-0.3, -0.25) is 0 Å². The number of aromatic nitrogens is 2. The Balaban J connectivity index is 1.28. The Morgan fingerprint density at radius 2 is 0.974 bits per heavy atom. The molecule has 0 aliphatic rings. The minimum absolute atomic E-state index is 1.17. The molecule has 0 fully saturated rings. The fourth-order valence-corrected chi connectivity index (χ4v) is 5.89. The fraction of sp³-hybridized carbons (Fsp3) is 0. The van der Waals surface area contributed by atoms with Crippen LogP contribution in [0, 0.1) is 0 Å². The topological polar surface area (TPSA) is 20.7 Å². The predicted octanol–water partition coefficient (Wildman–Crippen LogP) is 9.75. The molecule has 0 aliphatic heterocycles. The molecule has 0 bridgehead atoms. The predicted molar refractivity (Wildman–Crippen MR) is 161 cm³/mol. The molecule has 178 valence electrons. The van der Waals surface area contributed by atoms with Crippen LogP contribution in [0.4, 0.5) is 0 Å². The molecule has 2 heterocycles. The van der Waals surface area contributed by atoms with Gasteiger partial charge in [0.1, 0.15) is 0 Å². The summed E-state index contributed by atoms with van der Waals surface area (Å²) in [6, 6.07) is 50.3. The second-order valence-corrected chi connectivity index (χ2v) is 9.93. The summed E-state index contributed by atoms with van der Waals surface area (Å²) in [5, 5.41) is 5.07. The highest BCUT2D eigenvalue weighted by Crippen LogP contribution is 2.36. The highest BCUT2D eigenvalue weighted by atomic mass is 15.0. The van der Waals surface area contributed by atoms with E-state index in [1.807, 2.05) is 0 Å². The lowest BCUT2D eigenvalue weighted by atomic mass is 10.0.